The zero-order chi connectivity index (χ0) is 11.8. The van der Waals surface area contributed by atoms with Gasteiger partial charge in [-0.25, -0.2) is 0 Å². The summed E-state index contributed by atoms with van der Waals surface area (Å²) in [6, 6.07) is 8.54. The molecule has 2 heteroatoms. The van der Waals surface area contributed by atoms with Crippen LogP contribution < -0.4 is 0 Å². The van der Waals surface area contributed by atoms with Gasteiger partial charge in [0.1, 0.15) is 0 Å². The van der Waals surface area contributed by atoms with E-state index >= 15 is 0 Å². The average Bonchev–Trinajstić information content (AvgIpc) is 2.57. The summed E-state index contributed by atoms with van der Waals surface area (Å²) in [6.45, 7) is 6.82. The van der Waals surface area contributed by atoms with Gasteiger partial charge in [0.25, 0.3) is 0 Å². The Bertz CT molecular complexity index is 491. The van der Waals surface area contributed by atoms with E-state index in [4.69, 9.17) is 0 Å². The maximum atomic E-state index is 9.79. The van der Waals surface area contributed by atoms with Crippen LogP contribution in [0.15, 0.2) is 30.5 Å². The van der Waals surface area contributed by atoms with Crippen molar-refractivity contribution in [1.29, 1.82) is 0 Å². The number of rotatable bonds is 3. The summed E-state index contributed by atoms with van der Waals surface area (Å²) in [5.74, 6) is 0. The quantitative estimate of drug-likeness (QED) is 0.840. The van der Waals surface area contributed by atoms with Gasteiger partial charge in [-0.1, -0.05) is 6.07 Å². The molecule has 0 saturated heterocycles. The maximum absolute atomic E-state index is 9.79. The van der Waals surface area contributed by atoms with Crippen LogP contribution in [0, 0.1) is 0 Å². The Hall–Kier alpha value is -1.28. The summed E-state index contributed by atoms with van der Waals surface area (Å²) in [4.78, 5) is 0. The van der Waals surface area contributed by atoms with Crippen molar-refractivity contribution in [1.82, 2.24) is 4.57 Å². The molecule has 0 spiro atoms. The van der Waals surface area contributed by atoms with Gasteiger partial charge >= 0.3 is 0 Å². The number of nitrogens with zero attached hydrogens (tertiary/aromatic N) is 1. The summed E-state index contributed by atoms with van der Waals surface area (Å²) in [5.41, 5.74) is 1.82. The first-order valence-electron chi connectivity index (χ1n) is 5.80. The van der Waals surface area contributed by atoms with Crippen LogP contribution in [-0.2, 0) is 13.0 Å². The van der Waals surface area contributed by atoms with Crippen molar-refractivity contribution in [3.05, 3.63) is 36.0 Å². The van der Waals surface area contributed by atoms with Crippen LogP contribution in [0.1, 0.15) is 26.3 Å². The maximum Gasteiger partial charge on any atom is 0.0631 e. The Kier molecular flexibility index (Phi) is 2.76. The Morgan fingerprint density at radius 2 is 2.00 bits per heavy atom. The largest absolute Gasteiger partial charge is 0.390 e. The number of benzene rings is 1. The lowest BCUT2D eigenvalue weighted by Gasteiger charge is -2.17. The van der Waals surface area contributed by atoms with Crippen LogP contribution in [0.4, 0.5) is 0 Å². The Morgan fingerprint density at radius 1 is 1.25 bits per heavy atom. The lowest BCUT2D eigenvalue weighted by molar-refractivity contribution is 0.0810. The third-order valence-corrected chi connectivity index (χ3v) is 2.81. The molecule has 2 rings (SSSR count). The molecule has 86 valence electrons. The molecule has 0 unspecified atom stereocenters. The number of aromatic nitrogens is 1. The van der Waals surface area contributed by atoms with Gasteiger partial charge in [-0.05, 0) is 49.9 Å². The molecule has 0 saturated carbocycles. The normalized spacial score (nSPS) is 12.2. The second-order valence-corrected chi connectivity index (χ2v) is 4.98. The molecule has 1 aromatic carbocycles. The minimum Gasteiger partial charge on any atom is -0.390 e. The van der Waals surface area contributed by atoms with Crippen molar-refractivity contribution < 1.29 is 5.11 Å². The number of aliphatic hydroxyl groups is 1. The molecule has 0 aliphatic carbocycles. The van der Waals surface area contributed by atoms with Crippen LogP contribution in [0.3, 0.4) is 0 Å². The standard InChI is InChI=1S/C14H19NO/c1-4-15-8-7-12-9-11(5-6-13(12)15)10-14(2,3)16/h5-9,16H,4,10H2,1-3H3. The molecule has 1 heterocycles. The third kappa shape index (κ3) is 2.27. The molecule has 1 N–H and O–H groups in total. The topological polar surface area (TPSA) is 25.2 Å². The fourth-order valence-electron chi connectivity index (χ4n) is 2.13. The van der Waals surface area contributed by atoms with Crippen molar-refractivity contribution in [3.63, 3.8) is 0 Å². The van der Waals surface area contributed by atoms with E-state index in [2.05, 4.69) is 42.0 Å². The summed E-state index contributed by atoms with van der Waals surface area (Å²) in [5, 5.41) is 11.0. The first-order chi connectivity index (χ1) is 7.49. The molecule has 0 aliphatic heterocycles. The fraction of sp³-hybridized carbons (Fsp3) is 0.429. The van der Waals surface area contributed by atoms with Crippen LogP contribution in [-0.4, -0.2) is 15.3 Å². The van der Waals surface area contributed by atoms with Gasteiger partial charge in [-0.2, -0.15) is 0 Å². The van der Waals surface area contributed by atoms with E-state index in [0.29, 0.717) is 6.42 Å². The van der Waals surface area contributed by atoms with Crippen molar-refractivity contribution in [3.8, 4) is 0 Å². The SMILES string of the molecule is CCn1ccc2cc(CC(C)(C)O)ccc21. The van der Waals surface area contributed by atoms with Crippen molar-refractivity contribution >= 4 is 10.9 Å². The molecule has 16 heavy (non-hydrogen) atoms. The Morgan fingerprint density at radius 3 is 2.62 bits per heavy atom. The van der Waals surface area contributed by atoms with Crippen molar-refractivity contribution in [2.24, 2.45) is 0 Å². The molecule has 2 aromatic rings. The summed E-state index contributed by atoms with van der Waals surface area (Å²) in [6.07, 6.45) is 2.80. The van der Waals surface area contributed by atoms with Gasteiger partial charge < -0.3 is 9.67 Å². The Balaban J connectivity index is 2.38. The van der Waals surface area contributed by atoms with E-state index < -0.39 is 5.60 Å². The summed E-state index contributed by atoms with van der Waals surface area (Å²) in [7, 11) is 0. The molecule has 2 nitrogen and oxygen atoms in total. The van der Waals surface area contributed by atoms with E-state index in [1.165, 1.54) is 16.5 Å². The minimum absolute atomic E-state index is 0.638. The molecule has 1 aromatic heterocycles. The summed E-state index contributed by atoms with van der Waals surface area (Å²) < 4.78 is 2.23. The van der Waals surface area contributed by atoms with Gasteiger partial charge in [-0.15, -0.1) is 0 Å². The Labute approximate surface area is 96.5 Å². The van der Waals surface area contributed by atoms with Crippen LogP contribution >= 0.6 is 0 Å². The predicted octanol–water partition coefficient (Wildman–Crippen LogP) is 2.97. The minimum atomic E-state index is -0.638. The van der Waals surface area contributed by atoms with E-state index in [-0.39, 0.29) is 0 Å². The van der Waals surface area contributed by atoms with E-state index in [9.17, 15) is 5.11 Å². The van der Waals surface area contributed by atoms with Crippen molar-refractivity contribution in [2.45, 2.75) is 39.3 Å². The lowest BCUT2D eigenvalue weighted by atomic mass is 9.98. The van der Waals surface area contributed by atoms with Gasteiger partial charge in [-0.3, -0.25) is 0 Å². The highest BCUT2D eigenvalue weighted by Crippen LogP contribution is 2.20. The van der Waals surface area contributed by atoms with E-state index in [0.717, 1.165) is 6.54 Å². The monoisotopic (exact) mass is 217 g/mol. The molecular formula is C14H19NO. The smallest absolute Gasteiger partial charge is 0.0631 e. The second-order valence-electron chi connectivity index (χ2n) is 4.98. The van der Waals surface area contributed by atoms with Crippen LogP contribution in [0.25, 0.3) is 10.9 Å². The number of aryl methyl sites for hydroxylation is 1. The molecular weight excluding hydrogens is 198 g/mol. The van der Waals surface area contributed by atoms with Gasteiger partial charge in [0, 0.05) is 24.7 Å². The highest BCUT2D eigenvalue weighted by molar-refractivity contribution is 5.80. The number of hydrogen-bond acceptors (Lipinski definition) is 1. The second kappa shape index (κ2) is 3.95. The number of hydrogen-bond donors (Lipinski definition) is 1. The van der Waals surface area contributed by atoms with Crippen molar-refractivity contribution in [2.75, 3.05) is 0 Å². The van der Waals surface area contributed by atoms with E-state index in [1.54, 1.807) is 0 Å². The van der Waals surface area contributed by atoms with Gasteiger partial charge in [0.05, 0.1) is 5.60 Å². The molecule has 0 aliphatic rings. The predicted molar refractivity (Wildman–Crippen MR) is 67.6 cm³/mol. The highest BCUT2D eigenvalue weighted by atomic mass is 16.3. The lowest BCUT2D eigenvalue weighted by Crippen LogP contribution is -2.21. The van der Waals surface area contributed by atoms with E-state index in [1.807, 2.05) is 13.8 Å². The molecule has 0 bridgehead atoms. The molecule has 0 atom stereocenters. The molecule has 0 amide bonds. The first kappa shape index (κ1) is 11.2. The van der Waals surface area contributed by atoms with Crippen LogP contribution in [0.2, 0.25) is 0 Å². The van der Waals surface area contributed by atoms with Gasteiger partial charge in [0.2, 0.25) is 0 Å². The molecule has 0 fully saturated rings. The zero-order valence-electron chi connectivity index (χ0n) is 10.2. The first-order valence-corrected chi connectivity index (χ1v) is 5.80. The van der Waals surface area contributed by atoms with Gasteiger partial charge in [0.15, 0.2) is 0 Å². The fourth-order valence-corrected chi connectivity index (χ4v) is 2.13. The third-order valence-electron chi connectivity index (χ3n) is 2.81. The highest BCUT2D eigenvalue weighted by Gasteiger charge is 2.13. The zero-order valence-corrected chi connectivity index (χ0v) is 10.2. The van der Waals surface area contributed by atoms with Crippen LogP contribution in [0.5, 0.6) is 0 Å². The summed E-state index contributed by atoms with van der Waals surface area (Å²) >= 11 is 0. The number of fused-ring (bicyclic) bond motifs is 1. The average molecular weight is 217 g/mol. The molecule has 0 radical (unpaired) electrons.